The van der Waals surface area contributed by atoms with Crippen molar-refractivity contribution < 1.29 is 17.9 Å². The highest BCUT2D eigenvalue weighted by Gasteiger charge is 2.12. The Kier molecular flexibility index (Phi) is 6.00. The average molecular weight is 385 g/mol. The molecular weight excluding hydrogens is 366 g/mol. The van der Waals surface area contributed by atoms with Crippen molar-refractivity contribution in [1.29, 1.82) is 0 Å². The largest absolute Gasteiger partial charge is 0.497 e. The lowest BCUT2D eigenvalue weighted by Gasteiger charge is -2.08. The van der Waals surface area contributed by atoms with Gasteiger partial charge in [-0.15, -0.1) is 10.2 Å². The van der Waals surface area contributed by atoms with Crippen LogP contribution in [0.2, 0.25) is 0 Å². The minimum atomic E-state index is -3.54. The fraction of sp³-hybridized carbons (Fsp3) is 0.158. The number of methoxy groups -OCH3 is 1. The zero-order valence-electron chi connectivity index (χ0n) is 14.7. The van der Waals surface area contributed by atoms with Crippen LogP contribution < -0.4 is 14.2 Å². The molecule has 0 saturated heterocycles. The van der Waals surface area contributed by atoms with E-state index in [9.17, 15) is 8.42 Å². The zero-order valence-corrected chi connectivity index (χ0v) is 15.5. The number of aromatic nitrogens is 2. The van der Waals surface area contributed by atoms with Crippen molar-refractivity contribution in [2.24, 2.45) is 0 Å². The van der Waals surface area contributed by atoms with Crippen molar-refractivity contribution >= 4 is 10.0 Å². The Hall–Kier alpha value is -2.97. The standard InChI is InChI=1S/C19H19N3O4S/c1-25-16-9-7-15(8-10-16)18-11-12-19(22-21-18)26-14-13-20-27(23,24)17-5-3-2-4-6-17/h2-12,20H,13-14H2,1H3. The van der Waals surface area contributed by atoms with Gasteiger partial charge >= 0.3 is 0 Å². The van der Waals surface area contributed by atoms with Crippen molar-refractivity contribution in [3.63, 3.8) is 0 Å². The molecule has 2 aromatic carbocycles. The number of hydrogen-bond donors (Lipinski definition) is 1. The van der Waals surface area contributed by atoms with Crippen molar-refractivity contribution in [3.05, 3.63) is 66.7 Å². The van der Waals surface area contributed by atoms with Gasteiger partial charge in [0, 0.05) is 18.2 Å². The highest BCUT2D eigenvalue weighted by molar-refractivity contribution is 7.89. The second kappa shape index (κ2) is 8.61. The summed E-state index contributed by atoms with van der Waals surface area (Å²) in [7, 11) is -1.93. The van der Waals surface area contributed by atoms with Crippen LogP contribution in [0, 0.1) is 0 Å². The van der Waals surface area contributed by atoms with Crippen LogP contribution in [0.15, 0.2) is 71.6 Å². The molecule has 0 fully saturated rings. The maximum absolute atomic E-state index is 12.1. The van der Waals surface area contributed by atoms with Crippen LogP contribution in [0.4, 0.5) is 0 Å². The molecule has 0 aliphatic heterocycles. The molecule has 1 N–H and O–H groups in total. The molecule has 0 spiro atoms. The Bertz CT molecular complexity index is 960. The van der Waals surface area contributed by atoms with E-state index in [2.05, 4.69) is 14.9 Å². The fourth-order valence-electron chi connectivity index (χ4n) is 2.33. The van der Waals surface area contributed by atoms with E-state index in [1.54, 1.807) is 37.4 Å². The molecule has 140 valence electrons. The summed E-state index contributed by atoms with van der Waals surface area (Å²) in [5.41, 5.74) is 1.61. The van der Waals surface area contributed by atoms with Crippen LogP contribution in [-0.2, 0) is 10.0 Å². The average Bonchev–Trinajstić information content (AvgIpc) is 2.72. The predicted molar refractivity (Wildman–Crippen MR) is 101 cm³/mol. The lowest BCUT2D eigenvalue weighted by atomic mass is 10.1. The van der Waals surface area contributed by atoms with Gasteiger partial charge in [-0.1, -0.05) is 18.2 Å². The summed E-state index contributed by atoms with van der Waals surface area (Å²) in [6.07, 6.45) is 0. The van der Waals surface area contributed by atoms with Gasteiger partial charge in [0.2, 0.25) is 15.9 Å². The van der Waals surface area contributed by atoms with Gasteiger partial charge < -0.3 is 9.47 Å². The van der Waals surface area contributed by atoms with Gasteiger partial charge in [0.1, 0.15) is 12.4 Å². The van der Waals surface area contributed by atoms with E-state index < -0.39 is 10.0 Å². The zero-order chi connectivity index (χ0) is 19.1. The van der Waals surface area contributed by atoms with E-state index in [1.807, 2.05) is 24.3 Å². The van der Waals surface area contributed by atoms with Crippen LogP contribution in [0.3, 0.4) is 0 Å². The third-order valence-corrected chi connectivity index (χ3v) is 5.20. The van der Waals surface area contributed by atoms with Gasteiger partial charge in [-0.25, -0.2) is 13.1 Å². The number of hydrogen-bond acceptors (Lipinski definition) is 6. The molecule has 0 saturated carbocycles. The summed E-state index contributed by atoms with van der Waals surface area (Å²) < 4.78 is 37.2. The van der Waals surface area contributed by atoms with Crippen LogP contribution in [-0.4, -0.2) is 38.9 Å². The minimum Gasteiger partial charge on any atom is -0.497 e. The molecule has 1 aromatic heterocycles. The van der Waals surface area contributed by atoms with Crippen molar-refractivity contribution in [1.82, 2.24) is 14.9 Å². The first kappa shape index (κ1) is 18.8. The normalized spacial score (nSPS) is 11.1. The van der Waals surface area contributed by atoms with Gasteiger partial charge in [-0.2, -0.15) is 0 Å². The summed E-state index contributed by atoms with van der Waals surface area (Å²) >= 11 is 0. The Morgan fingerprint density at radius 1 is 0.926 bits per heavy atom. The second-order valence-corrected chi connectivity index (χ2v) is 7.31. The number of sulfonamides is 1. The summed E-state index contributed by atoms with van der Waals surface area (Å²) in [5.74, 6) is 1.09. The SMILES string of the molecule is COc1ccc(-c2ccc(OCCNS(=O)(=O)c3ccccc3)nn2)cc1. The first-order valence-corrected chi connectivity index (χ1v) is 9.72. The third-order valence-electron chi connectivity index (χ3n) is 3.72. The molecule has 0 amide bonds. The van der Waals surface area contributed by atoms with Gasteiger partial charge in [0.25, 0.3) is 0 Å². The summed E-state index contributed by atoms with van der Waals surface area (Å²) in [6, 6.07) is 19.1. The van der Waals surface area contributed by atoms with Crippen molar-refractivity contribution in [3.8, 4) is 22.9 Å². The van der Waals surface area contributed by atoms with Crippen LogP contribution in [0.1, 0.15) is 0 Å². The molecule has 0 unspecified atom stereocenters. The third kappa shape index (κ3) is 5.02. The highest BCUT2D eigenvalue weighted by Crippen LogP contribution is 2.21. The maximum Gasteiger partial charge on any atom is 0.240 e. The molecule has 1 heterocycles. The quantitative estimate of drug-likeness (QED) is 0.599. The van der Waals surface area contributed by atoms with Crippen molar-refractivity contribution in [2.45, 2.75) is 4.90 Å². The van der Waals surface area contributed by atoms with Gasteiger partial charge in [-0.3, -0.25) is 0 Å². The van der Waals surface area contributed by atoms with Gasteiger partial charge in [-0.05, 0) is 42.5 Å². The Morgan fingerprint density at radius 3 is 2.30 bits per heavy atom. The Labute approximate surface area is 158 Å². The topological polar surface area (TPSA) is 90.4 Å². The van der Waals surface area contributed by atoms with Crippen molar-refractivity contribution in [2.75, 3.05) is 20.3 Å². The molecule has 7 nitrogen and oxygen atoms in total. The maximum atomic E-state index is 12.1. The minimum absolute atomic E-state index is 0.124. The van der Waals surface area contributed by atoms with Gasteiger partial charge in [0.05, 0.1) is 17.7 Å². The summed E-state index contributed by atoms with van der Waals surface area (Å²) in [6.45, 7) is 0.266. The first-order valence-electron chi connectivity index (χ1n) is 8.24. The molecule has 0 radical (unpaired) electrons. The molecule has 3 rings (SSSR count). The van der Waals surface area contributed by atoms with E-state index >= 15 is 0 Å². The monoisotopic (exact) mass is 385 g/mol. The van der Waals surface area contributed by atoms with E-state index in [4.69, 9.17) is 9.47 Å². The fourth-order valence-corrected chi connectivity index (χ4v) is 3.36. The van der Waals surface area contributed by atoms with Crippen LogP contribution in [0.25, 0.3) is 11.3 Å². The Morgan fingerprint density at radius 2 is 1.67 bits per heavy atom. The molecule has 0 aliphatic carbocycles. The Balaban J connectivity index is 1.51. The predicted octanol–water partition coefficient (Wildman–Crippen LogP) is 2.51. The lowest BCUT2D eigenvalue weighted by Crippen LogP contribution is -2.28. The molecule has 0 bridgehead atoms. The number of benzene rings is 2. The lowest BCUT2D eigenvalue weighted by molar-refractivity contribution is 0.307. The summed E-state index contributed by atoms with van der Waals surface area (Å²) in [5, 5.41) is 8.13. The number of nitrogens with zero attached hydrogens (tertiary/aromatic N) is 2. The van der Waals surface area contributed by atoms with E-state index in [1.165, 1.54) is 12.1 Å². The smallest absolute Gasteiger partial charge is 0.240 e. The van der Waals surface area contributed by atoms with E-state index in [0.717, 1.165) is 11.3 Å². The highest BCUT2D eigenvalue weighted by atomic mass is 32.2. The molecule has 0 aliphatic rings. The summed E-state index contributed by atoms with van der Waals surface area (Å²) in [4.78, 5) is 0.216. The molecule has 27 heavy (non-hydrogen) atoms. The number of rotatable bonds is 8. The van der Waals surface area contributed by atoms with Crippen LogP contribution >= 0.6 is 0 Å². The van der Waals surface area contributed by atoms with E-state index in [0.29, 0.717) is 11.6 Å². The number of nitrogens with one attached hydrogen (secondary N) is 1. The molecule has 8 heteroatoms. The van der Waals surface area contributed by atoms with Crippen LogP contribution in [0.5, 0.6) is 11.6 Å². The first-order chi connectivity index (χ1) is 13.1. The molecular formula is C19H19N3O4S. The second-order valence-electron chi connectivity index (χ2n) is 5.54. The molecule has 0 atom stereocenters. The number of ether oxygens (including phenoxy) is 2. The van der Waals surface area contributed by atoms with Gasteiger partial charge in [0.15, 0.2) is 0 Å². The molecule has 3 aromatic rings. The van der Waals surface area contributed by atoms with E-state index in [-0.39, 0.29) is 18.0 Å².